The largest absolute Gasteiger partial charge is 0.550 e. The average Bonchev–Trinajstić information content (AvgIpc) is 3.43. The van der Waals surface area contributed by atoms with Crippen LogP contribution in [0, 0.1) is 11.8 Å². The van der Waals surface area contributed by atoms with Crippen LogP contribution in [0.25, 0.3) is 0 Å². The van der Waals surface area contributed by atoms with E-state index in [2.05, 4.69) is 48.5 Å². The van der Waals surface area contributed by atoms with Crippen molar-refractivity contribution < 1.29 is 24.3 Å². The molecule has 31 heavy (non-hydrogen) atoms. The summed E-state index contributed by atoms with van der Waals surface area (Å²) in [5, 5.41) is 11.6. The van der Waals surface area contributed by atoms with Gasteiger partial charge in [0.15, 0.2) is 0 Å². The van der Waals surface area contributed by atoms with Gasteiger partial charge in [0, 0.05) is 23.0 Å². The van der Waals surface area contributed by atoms with E-state index in [0.29, 0.717) is 13.1 Å². The van der Waals surface area contributed by atoms with Gasteiger partial charge in [0.2, 0.25) is 5.91 Å². The van der Waals surface area contributed by atoms with Gasteiger partial charge in [-0.3, -0.25) is 4.79 Å². The van der Waals surface area contributed by atoms with Crippen molar-refractivity contribution in [3.63, 3.8) is 0 Å². The normalized spacial score (nSPS) is 27.7. The van der Waals surface area contributed by atoms with Crippen molar-refractivity contribution >= 4 is 11.9 Å². The number of carbonyl (C=O) groups excluding carboxylic acids is 2. The van der Waals surface area contributed by atoms with Gasteiger partial charge in [0.1, 0.15) is 6.04 Å². The van der Waals surface area contributed by atoms with E-state index in [4.69, 9.17) is 4.74 Å². The maximum absolute atomic E-state index is 13.2. The molecule has 2 bridgehead atoms. The van der Waals surface area contributed by atoms with Gasteiger partial charge in [0.25, 0.3) is 0 Å². The Hall–Kier alpha value is -2.96. The molecule has 4 atom stereocenters. The predicted molar refractivity (Wildman–Crippen MR) is 112 cm³/mol. The van der Waals surface area contributed by atoms with Crippen molar-refractivity contribution in [2.75, 3.05) is 26.2 Å². The zero-order valence-electron chi connectivity index (χ0n) is 17.2. The van der Waals surface area contributed by atoms with Crippen LogP contribution in [0.2, 0.25) is 0 Å². The molecule has 3 heterocycles. The Morgan fingerprint density at radius 1 is 0.871 bits per heavy atom. The van der Waals surface area contributed by atoms with E-state index in [1.807, 2.05) is 23.1 Å². The third kappa shape index (κ3) is 3.66. The van der Waals surface area contributed by atoms with Crippen LogP contribution >= 0.6 is 0 Å². The lowest BCUT2D eigenvalue weighted by Gasteiger charge is -2.39. The van der Waals surface area contributed by atoms with Gasteiger partial charge in [-0.25, -0.2) is 0 Å². The molecule has 2 saturated heterocycles. The number of hydrogen-bond donors (Lipinski definition) is 1. The molecule has 5 rings (SSSR count). The summed E-state index contributed by atoms with van der Waals surface area (Å²) in [5.41, 5.74) is 2.51. The number of hydrogen-bond acceptors (Lipinski definition) is 4. The molecular weight excluding hydrogens is 392 g/mol. The number of aliphatic carboxylic acids is 1. The first-order chi connectivity index (χ1) is 15.1. The topological polar surface area (TPSA) is 74.1 Å². The predicted octanol–water partition coefficient (Wildman–Crippen LogP) is -0.177. The Labute approximate surface area is 181 Å². The van der Waals surface area contributed by atoms with E-state index in [1.165, 1.54) is 16.0 Å². The van der Waals surface area contributed by atoms with Crippen molar-refractivity contribution in [3.8, 4) is 0 Å². The van der Waals surface area contributed by atoms with E-state index in [1.54, 1.807) is 6.08 Å². The number of fused-ring (bicyclic) bond motifs is 2. The second kappa shape index (κ2) is 8.29. The van der Waals surface area contributed by atoms with Crippen LogP contribution in [0.3, 0.4) is 0 Å². The first-order valence-electron chi connectivity index (χ1n) is 10.9. The molecular formula is C25H26N2O4. The molecule has 3 aliphatic heterocycles. The van der Waals surface area contributed by atoms with E-state index >= 15 is 0 Å². The van der Waals surface area contributed by atoms with Gasteiger partial charge in [-0.2, -0.15) is 0 Å². The summed E-state index contributed by atoms with van der Waals surface area (Å²) in [6, 6.07) is 21.1. The molecule has 1 N–H and O–H groups in total. The zero-order chi connectivity index (χ0) is 21.4. The highest BCUT2D eigenvalue weighted by molar-refractivity contribution is 5.86. The standard InChI is InChI=1S/C25H26N2O4/c28-24(21-19-11-12-20(31-19)22(21)25(29)30)27-15-13-26(14-16-27)23(17-7-3-1-4-8-17)18-9-5-2-6-10-18/h1-12,19-23H,13-16H2,(H,29,30)/t19-,20+,21-,22+/m1/s1. The third-order valence-corrected chi connectivity index (χ3v) is 6.85. The fourth-order valence-electron chi connectivity index (χ4n) is 5.35. The molecule has 0 aliphatic carbocycles. The second-order valence-corrected chi connectivity index (χ2v) is 8.56. The number of quaternary nitrogens is 1. The molecule has 0 saturated carbocycles. The minimum atomic E-state index is -1.20. The number of amides is 1. The molecule has 6 heteroatoms. The molecule has 160 valence electrons. The molecule has 0 aromatic heterocycles. The van der Waals surface area contributed by atoms with Crippen LogP contribution in [0.4, 0.5) is 0 Å². The number of nitrogens with zero attached hydrogens (tertiary/aromatic N) is 1. The number of ether oxygens (including phenoxy) is 1. The maximum Gasteiger partial charge on any atom is 0.229 e. The van der Waals surface area contributed by atoms with Crippen molar-refractivity contribution in [1.82, 2.24) is 4.90 Å². The van der Waals surface area contributed by atoms with E-state index < -0.39 is 30.0 Å². The van der Waals surface area contributed by atoms with Crippen molar-refractivity contribution in [3.05, 3.63) is 83.9 Å². The monoisotopic (exact) mass is 418 g/mol. The average molecular weight is 418 g/mol. The van der Waals surface area contributed by atoms with Gasteiger partial charge in [-0.1, -0.05) is 72.8 Å². The molecule has 2 aromatic carbocycles. The summed E-state index contributed by atoms with van der Waals surface area (Å²) < 4.78 is 5.66. The molecule has 2 fully saturated rings. The number of carboxylic acid groups (broad SMARTS) is 1. The number of rotatable bonds is 5. The van der Waals surface area contributed by atoms with Gasteiger partial charge in [-0.15, -0.1) is 0 Å². The smallest absolute Gasteiger partial charge is 0.229 e. The summed E-state index contributed by atoms with van der Waals surface area (Å²) in [6.45, 7) is 2.80. The molecule has 2 aromatic rings. The Bertz CT molecular complexity index is 930. The fraction of sp³-hybridized carbons (Fsp3) is 0.360. The van der Waals surface area contributed by atoms with E-state index in [9.17, 15) is 14.7 Å². The number of benzene rings is 2. The van der Waals surface area contributed by atoms with E-state index in [-0.39, 0.29) is 11.9 Å². The fourth-order valence-corrected chi connectivity index (χ4v) is 5.35. The molecule has 0 unspecified atom stereocenters. The number of nitrogens with one attached hydrogen (secondary N) is 1. The molecule has 1 amide bonds. The molecule has 3 aliphatic rings. The molecule has 0 spiro atoms. The highest BCUT2D eigenvalue weighted by Gasteiger charge is 2.51. The number of piperazine rings is 1. The van der Waals surface area contributed by atoms with Crippen LogP contribution in [0.1, 0.15) is 17.2 Å². The minimum absolute atomic E-state index is 0.124. The lowest BCUT2D eigenvalue weighted by Crippen LogP contribution is -3.15. The van der Waals surface area contributed by atoms with Crippen LogP contribution in [0.15, 0.2) is 72.8 Å². The quantitative estimate of drug-likeness (QED) is 0.684. The Balaban J connectivity index is 1.32. The van der Waals surface area contributed by atoms with Crippen LogP contribution < -0.4 is 10.0 Å². The van der Waals surface area contributed by atoms with Gasteiger partial charge >= 0.3 is 0 Å². The van der Waals surface area contributed by atoms with Gasteiger partial charge in [0.05, 0.1) is 44.3 Å². The van der Waals surface area contributed by atoms with Crippen LogP contribution in [-0.2, 0) is 14.3 Å². The summed E-state index contributed by atoms with van der Waals surface area (Å²) >= 11 is 0. The molecule has 6 nitrogen and oxygen atoms in total. The SMILES string of the molecule is O=C([O-])[C@@H]1[C@H](C(=O)N2CC[NH+](C(c3ccccc3)c3ccccc3)CC2)[C@H]2C=C[C@@H]1O2. The first kappa shape index (κ1) is 20.0. The highest BCUT2D eigenvalue weighted by Crippen LogP contribution is 2.39. The van der Waals surface area contributed by atoms with Crippen LogP contribution in [0.5, 0.6) is 0 Å². The summed E-state index contributed by atoms with van der Waals surface area (Å²) in [7, 11) is 0. The van der Waals surface area contributed by atoms with Crippen molar-refractivity contribution in [2.24, 2.45) is 11.8 Å². The Morgan fingerprint density at radius 2 is 1.39 bits per heavy atom. The summed E-state index contributed by atoms with van der Waals surface area (Å²) in [5.74, 6) is -2.90. The summed E-state index contributed by atoms with van der Waals surface area (Å²) in [6.07, 6.45) is 2.56. The van der Waals surface area contributed by atoms with Crippen molar-refractivity contribution in [2.45, 2.75) is 18.2 Å². The van der Waals surface area contributed by atoms with Gasteiger partial charge in [-0.05, 0) is 0 Å². The first-order valence-corrected chi connectivity index (χ1v) is 10.9. The molecule has 0 radical (unpaired) electrons. The maximum atomic E-state index is 13.2. The Kier molecular flexibility index (Phi) is 5.34. The van der Waals surface area contributed by atoms with Crippen molar-refractivity contribution in [1.29, 1.82) is 0 Å². The Morgan fingerprint density at radius 3 is 1.90 bits per heavy atom. The number of carboxylic acids is 1. The minimum Gasteiger partial charge on any atom is -0.550 e. The highest BCUT2D eigenvalue weighted by atomic mass is 16.5. The number of carbonyl (C=O) groups is 2. The van der Waals surface area contributed by atoms with Gasteiger partial charge < -0.3 is 24.4 Å². The third-order valence-electron chi connectivity index (χ3n) is 6.85. The lowest BCUT2D eigenvalue weighted by molar-refractivity contribution is -0.929. The van der Waals surface area contributed by atoms with E-state index in [0.717, 1.165) is 13.1 Å². The lowest BCUT2D eigenvalue weighted by atomic mass is 9.82. The second-order valence-electron chi connectivity index (χ2n) is 8.56. The summed E-state index contributed by atoms with van der Waals surface area (Å²) in [4.78, 5) is 28.1. The van der Waals surface area contributed by atoms with Crippen LogP contribution in [-0.4, -0.2) is 55.2 Å². The zero-order valence-corrected chi connectivity index (χ0v) is 17.2.